The quantitative estimate of drug-likeness (QED) is 0.927. The zero-order valence-corrected chi connectivity index (χ0v) is 13.6. The van der Waals surface area contributed by atoms with Gasteiger partial charge in [-0.2, -0.15) is 0 Å². The number of aliphatic hydroxyl groups excluding tert-OH is 1. The van der Waals surface area contributed by atoms with Gasteiger partial charge in [0.2, 0.25) is 0 Å². The minimum Gasteiger partial charge on any atom is -0.395 e. The predicted octanol–water partition coefficient (Wildman–Crippen LogP) is 3.25. The third-order valence-electron chi connectivity index (χ3n) is 5.00. The Labute approximate surface area is 131 Å². The predicted molar refractivity (Wildman–Crippen MR) is 85.9 cm³/mol. The van der Waals surface area contributed by atoms with Gasteiger partial charge >= 0.3 is 0 Å². The fourth-order valence-electron chi connectivity index (χ4n) is 3.79. The number of carbonyl (C=O) groups excluding carboxylic acids is 1. The summed E-state index contributed by atoms with van der Waals surface area (Å²) in [6, 6.07) is 0.336. The van der Waals surface area contributed by atoms with Crippen LogP contribution >= 0.6 is 11.3 Å². The summed E-state index contributed by atoms with van der Waals surface area (Å²) in [6.45, 7) is 2.83. The van der Waals surface area contributed by atoms with Crippen molar-refractivity contribution < 1.29 is 9.90 Å². The maximum Gasteiger partial charge on any atom is 0.255 e. The number of thiophene rings is 1. The van der Waals surface area contributed by atoms with Gasteiger partial charge in [0, 0.05) is 22.8 Å². The van der Waals surface area contributed by atoms with Crippen LogP contribution in [0.4, 0.5) is 0 Å². The van der Waals surface area contributed by atoms with E-state index in [9.17, 15) is 9.90 Å². The van der Waals surface area contributed by atoms with Gasteiger partial charge in [-0.1, -0.05) is 19.8 Å². The molecule has 0 spiro atoms. The zero-order valence-electron chi connectivity index (χ0n) is 12.8. The Balaban J connectivity index is 1.82. The minimum absolute atomic E-state index is 0.0611. The fourth-order valence-corrected chi connectivity index (χ4v) is 5.02. The summed E-state index contributed by atoms with van der Waals surface area (Å²) in [5.74, 6) is 0.894. The Morgan fingerprint density at radius 2 is 2.14 bits per heavy atom. The molecule has 3 rings (SSSR count). The van der Waals surface area contributed by atoms with Crippen molar-refractivity contribution in [2.45, 2.75) is 57.9 Å². The van der Waals surface area contributed by atoms with Crippen molar-refractivity contribution in [3.8, 4) is 0 Å². The van der Waals surface area contributed by atoms with Gasteiger partial charge in [-0.3, -0.25) is 4.79 Å². The molecule has 2 aliphatic rings. The van der Waals surface area contributed by atoms with E-state index in [1.807, 2.05) is 4.90 Å². The number of rotatable bonds is 4. The van der Waals surface area contributed by atoms with Gasteiger partial charge in [0.05, 0.1) is 12.2 Å². The van der Waals surface area contributed by atoms with Crippen molar-refractivity contribution in [1.82, 2.24) is 4.90 Å². The van der Waals surface area contributed by atoms with Crippen molar-refractivity contribution in [3.05, 3.63) is 21.4 Å². The highest BCUT2D eigenvalue weighted by molar-refractivity contribution is 7.10. The number of aliphatic hydroxyl groups is 1. The van der Waals surface area contributed by atoms with Crippen molar-refractivity contribution in [1.29, 1.82) is 0 Å². The zero-order chi connectivity index (χ0) is 14.8. The van der Waals surface area contributed by atoms with Crippen LogP contribution in [0.3, 0.4) is 0 Å². The number of amides is 1. The molecule has 0 aromatic carbocycles. The first-order valence-corrected chi connectivity index (χ1v) is 9.09. The highest BCUT2D eigenvalue weighted by Gasteiger charge is 2.30. The Kier molecular flexibility index (Phi) is 4.65. The van der Waals surface area contributed by atoms with E-state index >= 15 is 0 Å². The second kappa shape index (κ2) is 6.49. The normalized spacial score (nSPS) is 22.3. The van der Waals surface area contributed by atoms with Gasteiger partial charge < -0.3 is 10.0 Å². The van der Waals surface area contributed by atoms with Crippen LogP contribution < -0.4 is 0 Å². The van der Waals surface area contributed by atoms with Gasteiger partial charge in [0.25, 0.3) is 5.91 Å². The molecular weight excluding hydrogens is 282 g/mol. The molecule has 1 heterocycles. The third-order valence-corrected chi connectivity index (χ3v) is 6.05. The Morgan fingerprint density at radius 3 is 2.86 bits per heavy atom. The molecule has 1 unspecified atom stereocenters. The Bertz CT molecular complexity index is 505. The van der Waals surface area contributed by atoms with E-state index in [4.69, 9.17) is 0 Å². The minimum atomic E-state index is 0.0611. The summed E-state index contributed by atoms with van der Waals surface area (Å²) >= 11 is 1.75. The van der Waals surface area contributed by atoms with E-state index in [2.05, 4.69) is 12.3 Å². The smallest absolute Gasteiger partial charge is 0.255 e. The molecule has 1 aromatic rings. The molecule has 1 saturated carbocycles. The van der Waals surface area contributed by atoms with Gasteiger partial charge in [-0.25, -0.2) is 0 Å². The van der Waals surface area contributed by atoms with Crippen LogP contribution in [0, 0.1) is 5.92 Å². The van der Waals surface area contributed by atoms with Gasteiger partial charge in [0.15, 0.2) is 0 Å². The summed E-state index contributed by atoms with van der Waals surface area (Å²) in [5, 5.41) is 11.4. The number of hydrogen-bond acceptors (Lipinski definition) is 3. The average molecular weight is 307 g/mol. The lowest BCUT2D eigenvalue weighted by molar-refractivity contribution is 0.0637. The maximum absolute atomic E-state index is 13.0. The molecule has 21 heavy (non-hydrogen) atoms. The molecule has 1 atom stereocenters. The molecule has 2 aliphatic carbocycles. The van der Waals surface area contributed by atoms with Crippen molar-refractivity contribution in [2.75, 3.05) is 13.2 Å². The van der Waals surface area contributed by atoms with Crippen molar-refractivity contribution >= 4 is 17.2 Å². The lowest BCUT2D eigenvalue weighted by Crippen LogP contribution is -2.41. The second-order valence-electron chi connectivity index (χ2n) is 6.56. The highest BCUT2D eigenvalue weighted by atomic mass is 32.1. The third kappa shape index (κ3) is 3.02. The number of nitrogens with zero attached hydrogens (tertiary/aromatic N) is 1. The Hall–Kier alpha value is -0.870. The van der Waals surface area contributed by atoms with Crippen molar-refractivity contribution in [2.24, 2.45) is 5.92 Å². The molecule has 0 bridgehead atoms. The van der Waals surface area contributed by atoms with Gasteiger partial charge in [0.1, 0.15) is 0 Å². The molecule has 116 valence electrons. The van der Waals surface area contributed by atoms with E-state index in [0.717, 1.165) is 37.2 Å². The first-order valence-electron chi connectivity index (χ1n) is 8.21. The lowest BCUT2D eigenvalue weighted by Gasteiger charge is -2.29. The van der Waals surface area contributed by atoms with E-state index in [0.29, 0.717) is 12.6 Å². The maximum atomic E-state index is 13.0. The molecule has 0 saturated heterocycles. The SMILES string of the molecule is CC1CCc2c(C(=O)N(CCO)C3CCCC3)csc2C1. The standard InChI is InChI=1S/C17H25NO2S/c1-12-6-7-14-15(11-21-16(14)10-12)17(20)18(8-9-19)13-4-2-3-5-13/h11-13,19H,2-10H2,1H3. The monoisotopic (exact) mass is 307 g/mol. The molecule has 1 N–H and O–H groups in total. The van der Waals surface area contributed by atoms with Crippen LogP contribution in [0.5, 0.6) is 0 Å². The fraction of sp³-hybridized carbons (Fsp3) is 0.706. The van der Waals surface area contributed by atoms with E-state index < -0.39 is 0 Å². The number of fused-ring (bicyclic) bond motifs is 1. The summed E-state index contributed by atoms with van der Waals surface area (Å²) in [4.78, 5) is 16.3. The van der Waals surface area contributed by atoms with Crippen LogP contribution in [0.15, 0.2) is 5.38 Å². The summed E-state index contributed by atoms with van der Waals surface area (Å²) in [5.41, 5.74) is 2.21. The lowest BCUT2D eigenvalue weighted by atomic mass is 9.88. The highest BCUT2D eigenvalue weighted by Crippen LogP contribution is 2.34. The van der Waals surface area contributed by atoms with E-state index in [1.54, 1.807) is 11.3 Å². The number of carbonyl (C=O) groups is 1. The van der Waals surface area contributed by atoms with Crippen LogP contribution in [-0.2, 0) is 12.8 Å². The summed E-state index contributed by atoms with van der Waals surface area (Å²) in [7, 11) is 0. The summed E-state index contributed by atoms with van der Waals surface area (Å²) < 4.78 is 0. The molecule has 1 aromatic heterocycles. The first kappa shape index (κ1) is 15.0. The van der Waals surface area contributed by atoms with Crippen LogP contribution in [-0.4, -0.2) is 35.1 Å². The number of hydrogen-bond donors (Lipinski definition) is 1. The van der Waals surface area contributed by atoms with Crippen LogP contribution in [0.25, 0.3) is 0 Å². The molecule has 4 heteroatoms. The molecule has 1 amide bonds. The molecule has 0 aliphatic heterocycles. The first-order chi connectivity index (χ1) is 10.2. The van der Waals surface area contributed by atoms with Crippen LogP contribution in [0.2, 0.25) is 0 Å². The molecule has 0 radical (unpaired) electrons. The van der Waals surface area contributed by atoms with E-state index in [1.165, 1.54) is 29.7 Å². The summed E-state index contributed by atoms with van der Waals surface area (Å²) in [6.07, 6.45) is 7.95. The largest absolute Gasteiger partial charge is 0.395 e. The van der Waals surface area contributed by atoms with E-state index in [-0.39, 0.29) is 12.5 Å². The molecular formula is C17H25NO2S. The Morgan fingerprint density at radius 1 is 1.38 bits per heavy atom. The molecule has 3 nitrogen and oxygen atoms in total. The van der Waals surface area contributed by atoms with Crippen molar-refractivity contribution in [3.63, 3.8) is 0 Å². The van der Waals surface area contributed by atoms with Gasteiger partial charge in [-0.15, -0.1) is 11.3 Å². The van der Waals surface area contributed by atoms with Gasteiger partial charge in [-0.05, 0) is 43.6 Å². The van der Waals surface area contributed by atoms with Crippen LogP contribution in [0.1, 0.15) is 59.8 Å². The topological polar surface area (TPSA) is 40.5 Å². The average Bonchev–Trinajstić information content (AvgIpc) is 3.12. The molecule has 1 fully saturated rings. The second-order valence-corrected chi connectivity index (χ2v) is 7.52.